The first-order chi connectivity index (χ1) is 17.4. The highest BCUT2D eigenvalue weighted by molar-refractivity contribution is 7.13. The number of halogens is 2. The largest absolute Gasteiger partial charge is 0.452 e. The molecule has 5 aromatic rings. The molecule has 3 heterocycles. The van der Waals surface area contributed by atoms with Crippen LogP contribution >= 0.6 is 34.5 Å². The van der Waals surface area contributed by atoms with Crippen LogP contribution in [0, 0.1) is 6.92 Å². The molecule has 10 heteroatoms. The second kappa shape index (κ2) is 10.1. The third kappa shape index (κ3) is 4.83. The zero-order chi connectivity index (χ0) is 25.2. The lowest BCUT2D eigenvalue weighted by molar-refractivity contribution is -0.119. The molecule has 0 aliphatic carbocycles. The van der Waals surface area contributed by atoms with Crippen LogP contribution in [0.15, 0.2) is 72.1 Å². The monoisotopic (exact) mass is 536 g/mol. The molecule has 0 saturated carbocycles. The second-order valence-electron chi connectivity index (χ2n) is 7.81. The van der Waals surface area contributed by atoms with Crippen LogP contribution in [0.4, 0.5) is 5.69 Å². The number of amides is 1. The second-order valence-corrected chi connectivity index (χ2v) is 9.60. The molecule has 3 aromatic heterocycles. The van der Waals surface area contributed by atoms with E-state index >= 15 is 0 Å². The lowest BCUT2D eigenvalue weighted by Crippen LogP contribution is -2.21. The van der Waals surface area contributed by atoms with Crippen molar-refractivity contribution in [2.75, 3.05) is 11.9 Å². The van der Waals surface area contributed by atoms with Crippen LogP contribution < -0.4 is 5.32 Å². The number of rotatable bonds is 6. The summed E-state index contributed by atoms with van der Waals surface area (Å²) in [4.78, 5) is 31.4. The van der Waals surface area contributed by atoms with E-state index in [2.05, 4.69) is 10.4 Å². The van der Waals surface area contributed by atoms with Gasteiger partial charge in [-0.3, -0.25) is 4.79 Å². The number of esters is 1. The van der Waals surface area contributed by atoms with E-state index in [1.165, 1.54) is 17.4 Å². The molecular formula is C26H18Cl2N4O3S. The van der Waals surface area contributed by atoms with Gasteiger partial charge in [-0.25, -0.2) is 14.5 Å². The molecule has 1 N–H and O–H groups in total. The molecule has 0 fully saturated rings. The van der Waals surface area contributed by atoms with Crippen LogP contribution in [0.25, 0.3) is 27.3 Å². The van der Waals surface area contributed by atoms with Gasteiger partial charge in [0.1, 0.15) is 0 Å². The minimum absolute atomic E-state index is 0.278. The predicted molar refractivity (Wildman–Crippen MR) is 142 cm³/mol. The summed E-state index contributed by atoms with van der Waals surface area (Å²) in [6, 6.07) is 19.7. The quantitative estimate of drug-likeness (QED) is 0.248. The number of hydrogen-bond acceptors (Lipinski definition) is 6. The van der Waals surface area contributed by atoms with Crippen LogP contribution in [0.2, 0.25) is 10.0 Å². The molecule has 180 valence electrons. The number of thiophene rings is 1. The molecular weight excluding hydrogens is 519 g/mol. The van der Waals surface area contributed by atoms with Crippen molar-refractivity contribution >= 4 is 63.1 Å². The first kappa shape index (κ1) is 24.0. The normalized spacial score (nSPS) is 11.0. The summed E-state index contributed by atoms with van der Waals surface area (Å²) in [7, 11) is 0. The van der Waals surface area contributed by atoms with Crippen molar-refractivity contribution in [1.29, 1.82) is 0 Å². The van der Waals surface area contributed by atoms with Gasteiger partial charge in [-0.15, -0.1) is 11.3 Å². The lowest BCUT2D eigenvalue weighted by Gasteiger charge is -2.10. The maximum Gasteiger partial charge on any atom is 0.339 e. The fraction of sp³-hybridized carbons (Fsp3) is 0.0769. The summed E-state index contributed by atoms with van der Waals surface area (Å²) in [6.45, 7) is 1.31. The number of aryl methyl sites for hydroxylation is 1. The number of ether oxygens (including phenoxy) is 1. The SMILES string of the molecule is Cc1nn(-c2ccccc2)c2nc(-c3cccs3)cc(C(=O)OCC(=O)Nc3ccc(Cl)cc3Cl)c12. The van der Waals surface area contributed by atoms with Crippen molar-refractivity contribution < 1.29 is 14.3 Å². The minimum Gasteiger partial charge on any atom is -0.452 e. The minimum atomic E-state index is -0.659. The van der Waals surface area contributed by atoms with E-state index in [0.29, 0.717) is 33.1 Å². The van der Waals surface area contributed by atoms with Crippen LogP contribution in [-0.2, 0) is 9.53 Å². The van der Waals surface area contributed by atoms with Crippen LogP contribution in [-0.4, -0.2) is 33.2 Å². The average molecular weight is 537 g/mol. The maximum atomic E-state index is 13.2. The van der Waals surface area contributed by atoms with Crippen molar-refractivity contribution in [3.63, 3.8) is 0 Å². The van der Waals surface area contributed by atoms with Gasteiger partial charge in [-0.1, -0.05) is 47.5 Å². The van der Waals surface area contributed by atoms with Gasteiger partial charge >= 0.3 is 5.97 Å². The molecule has 0 unspecified atom stereocenters. The number of hydrogen-bond donors (Lipinski definition) is 1. The number of aromatic nitrogens is 3. The summed E-state index contributed by atoms with van der Waals surface area (Å²) in [5.41, 5.74) is 3.20. The van der Waals surface area contributed by atoms with E-state index < -0.39 is 18.5 Å². The molecule has 0 saturated heterocycles. The van der Waals surface area contributed by atoms with Gasteiger partial charge in [0.25, 0.3) is 5.91 Å². The standard InChI is InChI=1S/C26H18Cl2N4O3S/c1-15-24-18(26(34)35-14-23(33)29-20-10-9-16(27)12-19(20)28)13-21(22-8-5-11-36-22)30-25(24)32(31-15)17-6-3-2-4-7-17/h2-13H,14H2,1H3,(H,29,33). The Hall–Kier alpha value is -3.72. The first-order valence-electron chi connectivity index (χ1n) is 10.8. The van der Waals surface area contributed by atoms with Crippen molar-refractivity contribution in [2.45, 2.75) is 6.92 Å². The van der Waals surface area contributed by atoms with Crippen LogP contribution in [0.1, 0.15) is 16.1 Å². The van der Waals surface area contributed by atoms with Gasteiger partial charge in [0.05, 0.1) is 43.6 Å². The van der Waals surface area contributed by atoms with E-state index in [4.69, 9.17) is 32.9 Å². The van der Waals surface area contributed by atoms with Crippen molar-refractivity contribution in [1.82, 2.24) is 14.8 Å². The fourth-order valence-corrected chi connectivity index (χ4v) is 4.88. The van der Waals surface area contributed by atoms with Gasteiger partial charge in [0, 0.05) is 5.02 Å². The molecule has 36 heavy (non-hydrogen) atoms. The molecule has 5 rings (SSSR count). The first-order valence-corrected chi connectivity index (χ1v) is 12.5. The molecule has 0 aliphatic heterocycles. The summed E-state index contributed by atoms with van der Waals surface area (Å²) in [5, 5.41) is 10.5. The molecule has 0 radical (unpaired) electrons. The molecule has 0 atom stereocenters. The number of carbonyl (C=O) groups is 2. The molecule has 0 spiro atoms. The van der Waals surface area contributed by atoms with Crippen molar-refractivity contribution in [3.05, 3.63) is 93.4 Å². The highest BCUT2D eigenvalue weighted by atomic mass is 35.5. The van der Waals surface area contributed by atoms with Crippen LogP contribution in [0.5, 0.6) is 0 Å². The number of nitrogens with zero attached hydrogens (tertiary/aromatic N) is 3. The Kier molecular flexibility index (Phi) is 6.73. The Morgan fingerprint density at radius 3 is 2.58 bits per heavy atom. The molecule has 2 aromatic carbocycles. The summed E-state index contributed by atoms with van der Waals surface area (Å²) in [5.74, 6) is -1.19. The Bertz CT molecular complexity index is 1580. The van der Waals surface area contributed by atoms with E-state index in [1.54, 1.807) is 29.8 Å². The molecule has 7 nitrogen and oxygen atoms in total. The highest BCUT2D eigenvalue weighted by Crippen LogP contribution is 2.31. The fourth-order valence-electron chi connectivity index (χ4n) is 3.74. The summed E-state index contributed by atoms with van der Waals surface area (Å²) in [6.07, 6.45) is 0. The van der Waals surface area contributed by atoms with Crippen molar-refractivity contribution in [2.24, 2.45) is 0 Å². The average Bonchev–Trinajstić information content (AvgIpc) is 3.53. The van der Waals surface area contributed by atoms with Gasteiger partial charge in [-0.05, 0) is 54.8 Å². The number of para-hydroxylation sites is 1. The zero-order valence-electron chi connectivity index (χ0n) is 18.9. The predicted octanol–water partition coefficient (Wildman–Crippen LogP) is 6.56. The summed E-state index contributed by atoms with van der Waals surface area (Å²) < 4.78 is 7.10. The summed E-state index contributed by atoms with van der Waals surface area (Å²) >= 11 is 13.5. The third-order valence-electron chi connectivity index (χ3n) is 5.35. The van der Waals surface area contributed by atoms with Gasteiger partial charge in [0.2, 0.25) is 0 Å². The van der Waals surface area contributed by atoms with E-state index in [1.807, 2.05) is 47.8 Å². The van der Waals surface area contributed by atoms with E-state index in [-0.39, 0.29) is 10.6 Å². The van der Waals surface area contributed by atoms with Crippen molar-refractivity contribution in [3.8, 4) is 16.3 Å². The lowest BCUT2D eigenvalue weighted by atomic mass is 10.1. The smallest absolute Gasteiger partial charge is 0.339 e. The van der Waals surface area contributed by atoms with Gasteiger partial charge in [0.15, 0.2) is 12.3 Å². The van der Waals surface area contributed by atoms with Gasteiger partial charge in [-0.2, -0.15) is 5.10 Å². The Balaban J connectivity index is 1.48. The Labute approximate surface area is 220 Å². The maximum absolute atomic E-state index is 13.2. The molecule has 0 aliphatic rings. The number of nitrogens with one attached hydrogen (secondary N) is 1. The van der Waals surface area contributed by atoms with Gasteiger partial charge < -0.3 is 10.1 Å². The topological polar surface area (TPSA) is 86.1 Å². The molecule has 1 amide bonds. The number of fused-ring (bicyclic) bond motifs is 1. The molecule has 0 bridgehead atoms. The number of anilines is 1. The Morgan fingerprint density at radius 2 is 1.86 bits per heavy atom. The van der Waals surface area contributed by atoms with E-state index in [9.17, 15) is 9.59 Å². The number of benzene rings is 2. The van der Waals surface area contributed by atoms with Crippen LogP contribution in [0.3, 0.4) is 0 Å². The zero-order valence-corrected chi connectivity index (χ0v) is 21.2. The Morgan fingerprint density at radius 1 is 1.06 bits per heavy atom. The highest BCUT2D eigenvalue weighted by Gasteiger charge is 2.23. The third-order valence-corrected chi connectivity index (χ3v) is 6.79. The van der Waals surface area contributed by atoms with E-state index in [0.717, 1.165) is 10.6 Å². The number of pyridine rings is 1. The number of carbonyl (C=O) groups excluding carboxylic acids is 2.